The molecule has 0 aliphatic carbocycles. The minimum atomic E-state index is -1.64. The molecule has 0 atom stereocenters. The first-order valence-corrected chi connectivity index (χ1v) is 9.95. The maximum Gasteiger partial charge on any atom is 0.319 e. The molecular formula is C24H24N2O4. The Kier molecular flexibility index (Phi) is 5.79. The smallest absolute Gasteiger partial charge is 0.319 e. The molecule has 2 aromatic carbocycles. The zero-order valence-electron chi connectivity index (χ0n) is 16.9. The second-order valence-corrected chi connectivity index (χ2v) is 7.21. The summed E-state index contributed by atoms with van der Waals surface area (Å²) in [4.78, 5) is 29.6. The summed E-state index contributed by atoms with van der Waals surface area (Å²) in [6, 6.07) is 19.1. The van der Waals surface area contributed by atoms with E-state index in [0.29, 0.717) is 18.8 Å². The van der Waals surface area contributed by atoms with Crippen LogP contribution in [0.4, 0.5) is 0 Å². The van der Waals surface area contributed by atoms with Gasteiger partial charge in [-0.05, 0) is 23.3 Å². The van der Waals surface area contributed by atoms with Gasteiger partial charge in [0.15, 0.2) is 0 Å². The highest BCUT2D eigenvalue weighted by Crippen LogP contribution is 2.33. The highest BCUT2D eigenvalue weighted by Gasteiger charge is 2.52. The van der Waals surface area contributed by atoms with Gasteiger partial charge < -0.3 is 19.3 Å². The summed E-state index contributed by atoms with van der Waals surface area (Å²) in [5, 5.41) is 0. The molecule has 0 unspecified atom stereocenters. The van der Waals surface area contributed by atoms with E-state index in [2.05, 4.69) is 0 Å². The Morgan fingerprint density at radius 3 is 2.17 bits per heavy atom. The summed E-state index contributed by atoms with van der Waals surface area (Å²) in [6.07, 6.45) is 4.97. The molecule has 6 heteroatoms. The van der Waals surface area contributed by atoms with Gasteiger partial charge in [0.1, 0.15) is 5.70 Å². The molecule has 2 saturated heterocycles. The Morgan fingerprint density at radius 2 is 1.53 bits per heavy atom. The number of ether oxygens (including phenoxy) is 2. The van der Waals surface area contributed by atoms with Crippen molar-refractivity contribution in [3.8, 4) is 0 Å². The van der Waals surface area contributed by atoms with Crippen LogP contribution in [0.5, 0.6) is 0 Å². The van der Waals surface area contributed by atoms with Gasteiger partial charge in [0.05, 0.1) is 13.2 Å². The number of carbonyl (C=O) groups excluding carboxylic acids is 2. The molecule has 1 amide bonds. The van der Waals surface area contributed by atoms with E-state index in [1.54, 1.807) is 29.0 Å². The minimum absolute atomic E-state index is 0.177. The average Bonchev–Trinajstić information content (AvgIpc) is 3.28. The molecule has 0 bridgehead atoms. The first-order chi connectivity index (χ1) is 14.6. The van der Waals surface area contributed by atoms with Gasteiger partial charge in [-0.1, -0.05) is 66.7 Å². The molecule has 6 nitrogen and oxygen atoms in total. The normalized spacial score (nSPS) is 20.3. The number of ketones is 1. The van der Waals surface area contributed by atoms with Gasteiger partial charge in [0.2, 0.25) is 5.78 Å². The lowest BCUT2D eigenvalue weighted by atomic mass is 10.1. The quantitative estimate of drug-likeness (QED) is 0.718. The second kappa shape index (κ2) is 8.65. The number of amides is 1. The van der Waals surface area contributed by atoms with Crippen LogP contribution in [-0.4, -0.2) is 60.8 Å². The monoisotopic (exact) mass is 404 g/mol. The Labute approximate surface area is 176 Å². The van der Waals surface area contributed by atoms with E-state index in [1.165, 1.54) is 6.08 Å². The third-order valence-corrected chi connectivity index (χ3v) is 5.19. The van der Waals surface area contributed by atoms with Gasteiger partial charge in [0, 0.05) is 20.1 Å². The zero-order valence-corrected chi connectivity index (χ0v) is 16.9. The predicted octanol–water partition coefficient (Wildman–Crippen LogP) is 2.78. The van der Waals surface area contributed by atoms with E-state index in [1.807, 2.05) is 60.7 Å². The highest BCUT2D eigenvalue weighted by molar-refractivity contribution is 6.02. The van der Waals surface area contributed by atoms with E-state index >= 15 is 0 Å². The summed E-state index contributed by atoms with van der Waals surface area (Å²) in [7, 11) is 1.75. The average molecular weight is 404 g/mol. The van der Waals surface area contributed by atoms with Crippen LogP contribution in [0.15, 0.2) is 72.4 Å². The Hall–Kier alpha value is -3.22. The first-order valence-electron chi connectivity index (χ1n) is 9.95. The number of nitrogens with zero attached hydrogens (tertiary/aromatic N) is 2. The van der Waals surface area contributed by atoms with E-state index in [0.717, 1.165) is 11.1 Å². The molecule has 0 saturated carbocycles. The SMILES string of the molecule is CN1CCN(C2(C(=O)/C=C\c3ccccc3)OCCO2)/C(=C\c2ccccc2)C1=O. The Morgan fingerprint density at radius 1 is 0.933 bits per heavy atom. The molecule has 2 aromatic rings. The van der Waals surface area contributed by atoms with Gasteiger partial charge in [-0.3, -0.25) is 9.59 Å². The molecule has 2 fully saturated rings. The molecule has 4 rings (SSSR count). The third kappa shape index (κ3) is 3.92. The largest absolute Gasteiger partial charge is 0.339 e. The number of hydrogen-bond acceptors (Lipinski definition) is 5. The van der Waals surface area contributed by atoms with Gasteiger partial charge in [-0.15, -0.1) is 0 Å². The summed E-state index contributed by atoms with van der Waals surface area (Å²) in [5.74, 6) is -2.16. The molecule has 0 spiro atoms. The molecular weight excluding hydrogens is 380 g/mol. The molecule has 2 heterocycles. The maximum atomic E-state index is 13.3. The number of piperazine rings is 1. The number of hydrogen-bond donors (Lipinski definition) is 0. The van der Waals surface area contributed by atoms with Gasteiger partial charge in [-0.2, -0.15) is 0 Å². The van der Waals surface area contributed by atoms with Crippen molar-refractivity contribution < 1.29 is 19.1 Å². The first kappa shape index (κ1) is 20.1. The summed E-state index contributed by atoms with van der Waals surface area (Å²) >= 11 is 0. The van der Waals surface area contributed by atoms with Crippen LogP contribution in [0, 0.1) is 0 Å². The van der Waals surface area contributed by atoms with Crippen LogP contribution in [-0.2, 0) is 19.1 Å². The lowest BCUT2D eigenvalue weighted by molar-refractivity contribution is -0.234. The van der Waals surface area contributed by atoms with E-state index in [9.17, 15) is 9.59 Å². The van der Waals surface area contributed by atoms with Crippen molar-refractivity contribution >= 4 is 23.8 Å². The fourth-order valence-electron chi connectivity index (χ4n) is 3.61. The summed E-state index contributed by atoms with van der Waals surface area (Å²) < 4.78 is 11.7. The Balaban J connectivity index is 1.71. The van der Waals surface area contributed by atoms with Crippen LogP contribution in [0.3, 0.4) is 0 Å². The topological polar surface area (TPSA) is 59.1 Å². The molecule has 154 valence electrons. The van der Waals surface area contributed by atoms with Crippen LogP contribution < -0.4 is 0 Å². The predicted molar refractivity (Wildman–Crippen MR) is 114 cm³/mol. The standard InChI is InChI=1S/C24H24N2O4/c1-25-14-15-26(21(23(25)28)18-20-10-6-3-7-11-20)24(29-16-17-30-24)22(27)13-12-19-8-4-2-5-9-19/h2-13,18H,14-17H2,1H3/b13-12-,21-18-. The lowest BCUT2D eigenvalue weighted by Crippen LogP contribution is -2.61. The van der Waals surface area contributed by atoms with Crippen molar-refractivity contribution in [3.05, 3.63) is 83.6 Å². The summed E-state index contributed by atoms with van der Waals surface area (Å²) in [6.45, 7) is 1.45. The molecule has 0 N–H and O–H groups in total. The van der Waals surface area contributed by atoms with Crippen molar-refractivity contribution in [2.24, 2.45) is 0 Å². The van der Waals surface area contributed by atoms with Crippen LogP contribution in [0.1, 0.15) is 11.1 Å². The minimum Gasteiger partial charge on any atom is -0.339 e. The van der Waals surface area contributed by atoms with Crippen molar-refractivity contribution in [1.82, 2.24) is 9.80 Å². The van der Waals surface area contributed by atoms with Crippen molar-refractivity contribution in [2.75, 3.05) is 33.4 Å². The third-order valence-electron chi connectivity index (χ3n) is 5.19. The van der Waals surface area contributed by atoms with Crippen LogP contribution >= 0.6 is 0 Å². The van der Waals surface area contributed by atoms with Gasteiger partial charge in [-0.25, -0.2) is 0 Å². The van der Waals surface area contributed by atoms with Gasteiger partial charge >= 0.3 is 5.91 Å². The maximum absolute atomic E-state index is 13.3. The van der Waals surface area contributed by atoms with Crippen molar-refractivity contribution in [1.29, 1.82) is 0 Å². The van der Waals surface area contributed by atoms with E-state index in [4.69, 9.17) is 9.47 Å². The zero-order chi connectivity index (χ0) is 21.0. The van der Waals surface area contributed by atoms with E-state index in [-0.39, 0.29) is 24.9 Å². The van der Waals surface area contributed by atoms with Crippen LogP contribution in [0.2, 0.25) is 0 Å². The molecule has 30 heavy (non-hydrogen) atoms. The highest BCUT2D eigenvalue weighted by atomic mass is 16.8. The molecule has 0 radical (unpaired) electrons. The Bertz CT molecular complexity index is 963. The van der Waals surface area contributed by atoms with Crippen molar-refractivity contribution in [2.45, 2.75) is 5.91 Å². The molecule has 0 aromatic heterocycles. The fourth-order valence-corrected chi connectivity index (χ4v) is 3.61. The number of likely N-dealkylation sites (N-methyl/N-ethyl adjacent to an activating group) is 1. The molecule has 2 aliphatic rings. The number of benzene rings is 2. The second-order valence-electron chi connectivity index (χ2n) is 7.21. The van der Waals surface area contributed by atoms with Gasteiger partial charge in [0.25, 0.3) is 5.91 Å². The summed E-state index contributed by atoms with van der Waals surface area (Å²) in [5.41, 5.74) is 2.13. The molecule has 2 aliphatic heterocycles. The number of carbonyl (C=O) groups is 2. The fraction of sp³-hybridized carbons (Fsp3) is 0.250. The van der Waals surface area contributed by atoms with Crippen LogP contribution in [0.25, 0.3) is 12.2 Å². The lowest BCUT2D eigenvalue weighted by Gasteiger charge is -2.43. The van der Waals surface area contributed by atoms with Crippen molar-refractivity contribution in [3.63, 3.8) is 0 Å². The van der Waals surface area contributed by atoms with E-state index < -0.39 is 5.91 Å². The number of rotatable bonds is 5.